The summed E-state index contributed by atoms with van der Waals surface area (Å²) < 4.78 is 52.8. The van der Waals surface area contributed by atoms with Gasteiger partial charge in [0, 0.05) is 56.5 Å². The van der Waals surface area contributed by atoms with E-state index >= 15 is 0 Å². The molecular weight excluding hydrogens is 566 g/mol. The Morgan fingerprint density at radius 1 is 0.884 bits per heavy atom. The molecule has 1 saturated heterocycles. The number of halogens is 4. The second-order valence-electron chi connectivity index (χ2n) is 11.6. The minimum absolute atomic E-state index is 0.0968. The second-order valence-corrected chi connectivity index (χ2v) is 11.6. The van der Waals surface area contributed by atoms with Crippen LogP contribution in [0.5, 0.6) is 0 Å². The van der Waals surface area contributed by atoms with E-state index in [9.17, 15) is 31.9 Å². The van der Waals surface area contributed by atoms with Crippen LogP contribution in [-0.2, 0) is 12.7 Å². The van der Waals surface area contributed by atoms with Crippen molar-refractivity contribution in [3.05, 3.63) is 88.9 Å². The summed E-state index contributed by atoms with van der Waals surface area (Å²) in [4.78, 5) is 45.2. The van der Waals surface area contributed by atoms with Crippen LogP contribution in [0.2, 0.25) is 0 Å². The fourth-order valence-electron chi connectivity index (χ4n) is 4.63. The number of carbonyl (C=O) groups is 3. The maximum absolute atomic E-state index is 14.8. The molecule has 8 nitrogen and oxygen atoms in total. The van der Waals surface area contributed by atoms with Crippen molar-refractivity contribution in [1.29, 1.82) is 0 Å². The number of alkyl halides is 3. The number of rotatable bonds is 7. The Labute approximate surface area is 247 Å². The Bertz CT molecular complexity index is 1480. The Morgan fingerprint density at radius 2 is 1.60 bits per heavy atom. The van der Waals surface area contributed by atoms with Gasteiger partial charge in [0.25, 0.3) is 5.91 Å². The predicted molar refractivity (Wildman–Crippen MR) is 154 cm³/mol. The van der Waals surface area contributed by atoms with Crippen LogP contribution >= 0.6 is 0 Å². The molecule has 0 bridgehead atoms. The maximum atomic E-state index is 14.8. The number of carbonyl (C=O) groups excluding carboxylic acids is 3. The van der Waals surface area contributed by atoms with Gasteiger partial charge in [-0.1, -0.05) is 39.0 Å². The molecule has 228 valence electrons. The molecule has 1 aliphatic rings. The molecule has 0 unspecified atom stereocenters. The highest BCUT2D eigenvalue weighted by atomic mass is 19.4. The minimum Gasteiger partial charge on any atom is -0.336 e. The van der Waals surface area contributed by atoms with Crippen molar-refractivity contribution in [3.63, 3.8) is 0 Å². The number of nitrogens with zero attached hydrogens (tertiary/aromatic N) is 3. The highest BCUT2D eigenvalue weighted by molar-refractivity contribution is 6.00. The summed E-state index contributed by atoms with van der Waals surface area (Å²) in [6.07, 6.45) is -3.53. The van der Waals surface area contributed by atoms with Crippen LogP contribution in [0.3, 0.4) is 0 Å². The maximum Gasteiger partial charge on any atom is 0.417 e. The zero-order valence-corrected chi connectivity index (χ0v) is 24.1. The van der Waals surface area contributed by atoms with E-state index in [0.29, 0.717) is 50.9 Å². The predicted octanol–water partition coefficient (Wildman–Crippen LogP) is 6.46. The summed E-state index contributed by atoms with van der Waals surface area (Å²) in [7, 11) is 0. The fraction of sp³-hybridized carbons (Fsp3) is 0.355. The molecular formula is C31H33F4N5O3. The van der Waals surface area contributed by atoms with Gasteiger partial charge in [0.1, 0.15) is 11.6 Å². The number of hydrogen-bond donors (Lipinski definition) is 2. The average Bonchev–Trinajstić information content (AvgIpc) is 2.93. The van der Waals surface area contributed by atoms with Gasteiger partial charge in [-0.25, -0.2) is 14.2 Å². The van der Waals surface area contributed by atoms with Gasteiger partial charge in [-0.15, -0.1) is 0 Å². The summed E-state index contributed by atoms with van der Waals surface area (Å²) in [6, 6.07) is 12.1. The summed E-state index contributed by atoms with van der Waals surface area (Å²) in [5.74, 6) is -1.24. The Balaban J connectivity index is 1.28. The standard InChI is InChI=1S/C31H33F4N5O3/c1-30(2,3)17-26(41)21-6-4-5-20(15-21)19-39-11-13-40(14-12-39)28(42)22-7-9-25(24(32)16-22)37-29(43)38-27-10-8-23(18-36-27)31(33,34)35/h4-10,15-16,18H,11-14,17,19H2,1-3H3,(H2,36,37,38,43). The van der Waals surface area contributed by atoms with E-state index < -0.39 is 23.6 Å². The number of benzene rings is 2. The number of pyridine rings is 1. The average molecular weight is 600 g/mol. The fourth-order valence-corrected chi connectivity index (χ4v) is 4.63. The van der Waals surface area contributed by atoms with Crippen LogP contribution in [0.25, 0.3) is 0 Å². The first kappa shape index (κ1) is 31.6. The quantitative estimate of drug-likeness (QED) is 0.240. The van der Waals surface area contributed by atoms with E-state index in [1.54, 1.807) is 4.90 Å². The largest absolute Gasteiger partial charge is 0.417 e. The van der Waals surface area contributed by atoms with E-state index in [-0.39, 0.29) is 34.2 Å². The van der Waals surface area contributed by atoms with Crippen molar-refractivity contribution in [2.24, 2.45) is 5.41 Å². The monoisotopic (exact) mass is 599 g/mol. The molecule has 2 N–H and O–H groups in total. The third-order valence-corrected chi connectivity index (χ3v) is 6.80. The number of piperazine rings is 1. The van der Waals surface area contributed by atoms with Crippen LogP contribution in [0.4, 0.5) is 33.9 Å². The lowest BCUT2D eigenvalue weighted by molar-refractivity contribution is -0.137. The van der Waals surface area contributed by atoms with Crippen LogP contribution < -0.4 is 10.6 Å². The summed E-state index contributed by atoms with van der Waals surface area (Å²) >= 11 is 0. The van der Waals surface area contributed by atoms with Gasteiger partial charge in [-0.2, -0.15) is 13.2 Å². The third kappa shape index (κ3) is 8.84. The lowest BCUT2D eigenvalue weighted by atomic mass is 9.87. The number of hydrogen-bond acceptors (Lipinski definition) is 5. The van der Waals surface area contributed by atoms with E-state index in [0.717, 1.165) is 23.8 Å². The van der Waals surface area contributed by atoms with Gasteiger partial charge < -0.3 is 10.2 Å². The lowest BCUT2D eigenvalue weighted by Crippen LogP contribution is -2.48. The number of amides is 3. The topological polar surface area (TPSA) is 94.6 Å². The summed E-state index contributed by atoms with van der Waals surface area (Å²) in [5.41, 5.74) is 0.541. The van der Waals surface area contributed by atoms with Crippen molar-refractivity contribution in [2.75, 3.05) is 36.8 Å². The molecule has 1 aliphatic heterocycles. The number of anilines is 2. The molecule has 0 radical (unpaired) electrons. The molecule has 1 aromatic heterocycles. The molecule has 43 heavy (non-hydrogen) atoms. The minimum atomic E-state index is -4.56. The van der Waals surface area contributed by atoms with Crippen molar-refractivity contribution in [2.45, 2.75) is 39.9 Å². The van der Waals surface area contributed by atoms with Crippen LogP contribution in [0.15, 0.2) is 60.8 Å². The highest BCUT2D eigenvalue weighted by Crippen LogP contribution is 2.29. The molecule has 0 aliphatic carbocycles. The zero-order chi connectivity index (χ0) is 31.4. The van der Waals surface area contributed by atoms with E-state index in [4.69, 9.17) is 0 Å². The van der Waals surface area contributed by atoms with E-state index in [1.165, 1.54) is 12.1 Å². The molecule has 0 saturated carbocycles. The molecule has 12 heteroatoms. The third-order valence-electron chi connectivity index (χ3n) is 6.80. The number of aromatic nitrogens is 1. The van der Waals surface area contributed by atoms with Crippen LogP contribution in [0, 0.1) is 11.2 Å². The number of Topliss-reactive ketones (excluding diaryl/α,β-unsaturated/α-hetero) is 1. The molecule has 2 heterocycles. The Hall–Kier alpha value is -4.32. The molecule has 0 spiro atoms. The number of ketones is 1. The van der Waals surface area contributed by atoms with Gasteiger partial charge in [0.15, 0.2) is 5.78 Å². The molecule has 3 amide bonds. The van der Waals surface area contributed by atoms with Crippen molar-refractivity contribution < 1.29 is 31.9 Å². The molecule has 1 fully saturated rings. The normalized spacial score (nSPS) is 14.3. The van der Waals surface area contributed by atoms with Crippen molar-refractivity contribution in [1.82, 2.24) is 14.8 Å². The molecule has 3 aromatic rings. The molecule has 0 atom stereocenters. The van der Waals surface area contributed by atoms with E-state index in [1.807, 2.05) is 45.0 Å². The zero-order valence-electron chi connectivity index (χ0n) is 24.1. The van der Waals surface area contributed by atoms with Crippen molar-refractivity contribution >= 4 is 29.2 Å². The highest BCUT2D eigenvalue weighted by Gasteiger charge is 2.30. The lowest BCUT2D eigenvalue weighted by Gasteiger charge is -2.35. The van der Waals surface area contributed by atoms with Crippen LogP contribution in [0.1, 0.15) is 59.0 Å². The van der Waals surface area contributed by atoms with Gasteiger partial charge in [0.2, 0.25) is 0 Å². The number of urea groups is 1. The van der Waals surface area contributed by atoms with Crippen LogP contribution in [-0.4, -0.2) is 58.7 Å². The first-order valence-corrected chi connectivity index (χ1v) is 13.7. The summed E-state index contributed by atoms with van der Waals surface area (Å²) in [6.45, 7) is 8.80. The van der Waals surface area contributed by atoms with Crippen molar-refractivity contribution in [3.8, 4) is 0 Å². The smallest absolute Gasteiger partial charge is 0.336 e. The van der Waals surface area contributed by atoms with Gasteiger partial charge in [0.05, 0.1) is 11.3 Å². The second kappa shape index (κ2) is 12.9. The molecule has 4 rings (SSSR count). The summed E-state index contributed by atoms with van der Waals surface area (Å²) in [5, 5.41) is 4.49. The SMILES string of the molecule is CC(C)(C)CC(=O)c1cccc(CN2CCN(C(=O)c3ccc(NC(=O)Nc4ccc(C(F)(F)F)cn4)c(F)c3)CC2)c1. The van der Waals surface area contributed by atoms with E-state index in [2.05, 4.69) is 20.5 Å². The molecule has 2 aromatic carbocycles. The first-order chi connectivity index (χ1) is 20.2. The van der Waals surface area contributed by atoms with Gasteiger partial charge in [-0.3, -0.25) is 19.8 Å². The number of nitrogens with one attached hydrogen (secondary N) is 2. The Morgan fingerprint density at radius 3 is 2.21 bits per heavy atom. The van der Waals surface area contributed by atoms with Gasteiger partial charge in [-0.05, 0) is 47.4 Å². The van der Waals surface area contributed by atoms with Gasteiger partial charge >= 0.3 is 12.2 Å². The first-order valence-electron chi connectivity index (χ1n) is 13.7. The Kier molecular flexibility index (Phi) is 9.49.